The van der Waals surface area contributed by atoms with E-state index >= 15 is 0 Å². The lowest BCUT2D eigenvalue weighted by atomic mass is 10.2. The Kier molecular flexibility index (Phi) is 8.95. The van der Waals surface area contributed by atoms with Crippen molar-refractivity contribution < 1.29 is 13.2 Å². The molecule has 0 unspecified atom stereocenters. The number of carbonyl (C=O) groups excluding carboxylic acids is 1. The van der Waals surface area contributed by atoms with Crippen molar-refractivity contribution in [3.05, 3.63) is 64.1 Å². The second-order valence-corrected chi connectivity index (χ2v) is 9.96. The minimum Gasteiger partial charge on any atom is -0.354 e. The van der Waals surface area contributed by atoms with Crippen LogP contribution in [-0.4, -0.2) is 39.4 Å². The molecule has 0 bridgehead atoms. The van der Waals surface area contributed by atoms with Gasteiger partial charge in [0.2, 0.25) is 15.9 Å². The van der Waals surface area contributed by atoms with Gasteiger partial charge in [0.1, 0.15) is 6.54 Å². The third-order valence-corrected chi connectivity index (χ3v) is 6.54. The second kappa shape index (κ2) is 11.0. The molecule has 0 aliphatic rings. The van der Waals surface area contributed by atoms with Crippen LogP contribution in [-0.2, 0) is 20.6 Å². The van der Waals surface area contributed by atoms with Gasteiger partial charge in [-0.15, -0.1) is 0 Å². The van der Waals surface area contributed by atoms with Gasteiger partial charge in [0.15, 0.2) is 0 Å². The fourth-order valence-corrected chi connectivity index (χ4v) is 4.77. The van der Waals surface area contributed by atoms with Gasteiger partial charge in [-0.25, -0.2) is 8.42 Å². The maximum atomic E-state index is 12.2. The first-order valence-corrected chi connectivity index (χ1v) is 12.3. The van der Waals surface area contributed by atoms with Crippen LogP contribution in [0.15, 0.2) is 48.5 Å². The molecule has 0 heterocycles. The van der Waals surface area contributed by atoms with E-state index in [9.17, 15) is 13.2 Å². The molecule has 0 fully saturated rings. The van der Waals surface area contributed by atoms with E-state index in [-0.39, 0.29) is 23.2 Å². The van der Waals surface area contributed by atoms with Crippen molar-refractivity contribution >= 4 is 56.6 Å². The van der Waals surface area contributed by atoms with Crippen molar-refractivity contribution in [3.63, 3.8) is 0 Å². The lowest BCUT2D eigenvalue weighted by Gasteiger charge is -2.23. The maximum Gasteiger partial charge on any atom is 0.240 e. The standard InChI is InChI=1S/C19H22Cl2N2O3S2/c1-28(25,26)23(18-9-8-16(20)12-17(18)21)13-19(24)22-10-5-11-27-14-15-6-3-2-4-7-15/h2-4,6-9,12H,5,10-11,13-14H2,1H3,(H,22,24). The molecule has 0 saturated heterocycles. The lowest BCUT2D eigenvalue weighted by Crippen LogP contribution is -2.40. The van der Waals surface area contributed by atoms with Gasteiger partial charge >= 0.3 is 0 Å². The van der Waals surface area contributed by atoms with Crippen LogP contribution < -0.4 is 9.62 Å². The first-order valence-electron chi connectivity index (χ1n) is 8.58. The number of anilines is 1. The molecule has 0 aliphatic carbocycles. The second-order valence-electron chi connectivity index (χ2n) is 6.11. The van der Waals surface area contributed by atoms with Crippen LogP contribution in [0.4, 0.5) is 5.69 Å². The highest BCUT2D eigenvalue weighted by Crippen LogP contribution is 2.30. The Morgan fingerprint density at radius 2 is 1.86 bits per heavy atom. The SMILES string of the molecule is CS(=O)(=O)N(CC(=O)NCCCSCc1ccccc1)c1ccc(Cl)cc1Cl. The van der Waals surface area contributed by atoms with Crippen LogP contribution in [0.25, 0.3) is 0 Å². The molecule has 1 N–H and O–H groups in total. The van der Waals surface area contributed by atoms with Crippen LogP contribution in [0.3, 0.4) is 0 Å². The molecule has 1 amide bonds. The van der Waals surface area contributed by atoms with E-state index in [4.69, 9.17) is 23.2 Å². The molecule has 0 aliphatic heterocycles. The minimum absolute atomic E-state index is 0.169. The number of benzene rings is 2. The number of amides is 1. The van der Waals surface area contributed by atoms with Gasteiger partial charge in [-0.1, -0.05) is 53.5 Å². The van der Waals surface area contributed by atoms with Crippen molar-refractivity contribution in [2.75, 3.05) is 29.4 Å². The molecule has 0 saturated carbocycles. The topological polar surface area (TPSA) is 66.5 Å². The Morgan fingerprint density at radius 1 is 1.14 bits per heavy atom. The molecule has 0 aromatic heterocycles. The van der Waals surface area contributed by atoms with E-state index in [1.54, 1.807) is 11.8 Å². The fraction of sp³-hybridized carbons (Fsp3) is 0.316. The molecule has 0 atom stereocenters. The van der Waals surface area contributed by atoms with Gasteiger partial charge in [0, 0.05) is 17.3 Å². The fourth-order valence-electron chi connectivity index (χ4n) is 2.42. The summed E-state index contributed by atoms with van der Waals surface area (Å²) in [5, 5.41) is 3.32. The quantitative estimate of drug-likeness (QED) is 0.539. The first-order chi connectivity index (χ1) is 13.3. The number of sulfonamides is 1. The van der Waals surface area contributed by atoms with E-state index in [1.165, 1.54) is 23.8 Å². The summed E-state index contributed by atoms with van der Waals surface area (Å²) in [4.78, 5) is 12.2. The smallest absolute Gasteiger partial charge is 0.240 e. The molecule has 0 radical (unpaired) electrons. The highest BCUT2D eigenvalue weighted by atomic mass is 35.5. The Hall–Kier alpha value is -1.41. The molecule has 0 spiro atoms. The van der Waals surface area contributed by atoms with Crippen LogP contribution in [0, 0.1) is 0 Å². The Labute approximate surface area is 180 Å². The normalized spacial score (nSPS) is 11.2. The summed E-state index contributed by atoms with van der Waals surface area (Å²) in [6.07, 6.45) is 1.83. The number of carbonyl (C=O) groups is 1. The number of hydrogen-bond donors (Lipinski definition) is 1. The van der Waals surface area contributed by atoms with Crippen molar-refractivity contribution in [2.24, 2.45) is 0 Å². The number of nitrogens with one attached hydrogen (secondary N) is 1. The summed E-state index contributed by atoms with van der Waals surface area (Å²) < 4.78 is 25.2. The number of halogens is 2. The van der Waals surface area contributed by atoms with Crippen molar-refractivity contribution in [2.45, 2.75) is 12.2 Å². The monoisotopic (exact) mass is 460 g/mol. The Morgan fingerprint density at radius 3 is 2.50 bits per heavy atom. The van der Waals surface area contributed by atoms with Crippen molar-refractivity contribution in [3.8, 4) is 0 Å². The molecular formula is C19H22Cl2N2O3S2. The highest BCUT2D eigenvalue weighted by molar-refractivity contribution is 7.98. The van der Waals surface area contributed by atoms with E-state index in [0.29, 0.717) is 11.6 Å². The average Bonchev–Trinajstić information content (AvgIpc) is 2.63. The van der Waals surface area contributed by atoms with Gasteiger partial charge in [-0.3, -0.25) is 9.10 Å². The zero-order valence-electron chi connectivity index (χ0n) is 15.4. The maximum absolute atomic E-state index is 12.2. The number of thioether (sulfide) groups is 1. The molecule has 152 valence electrons. The van der Waals surface area contributed by atoms with Crippen molar-refractivity contribution in [1.29, 1.82) is 0 Å². The van der Waals surface area contributed by atoms with E-state index in [1.807, 2.05) is 18.2 Å². The van der Waals surface area contributed by atoms with Gasteiger partial charge in [-0.05, 0) is 35.9 Å². The van der Waals surface area contributed by atoms with Gasteiger partial charge in [0.25, 0.3) is 0 Å². The van der Waals surface area contributed by atoms with Gasteiger partial charge in [-0.2, -0.15) is 11.8 Å². The predicted octanol–water partition coefficient (Wildman–Crippen LogP) is 4.20. The number of hydrogen-bond acceptors (Lipinski definition) is 4. The summed E-state index contributed by atoms with van der Waals surface area (Å²) >= 11 is 13.7. The van der Waals surface area contributed by atoms with Crippen LogP contribution >= 0.6 is 35.0 Å². The van der Waals surface area contributed by atoms with Crippen LogP contribution in [0.5, 0.6) is 0 Å². The third-order valence-electron chi connectivity index (χ3n) is 3.77. The molecule has 5 nitrogen and oxygen atoms in total. The van der Waals surface area contributed by atoms with Crippen LogP contribution in [0.1, 0.15) is 12.0 Å². The minimum atomic E-state index is -3.68. The zero-order chi connectivity index (χ0) is 20.6. The predicted molar refractivity (Wildman–Crippen MR) is 119 cm³/mol. The highest BCUT2D eigenvalue weighted by Gasteiger charge is 2.23. The molecule has 2 rings (SSSR count). The largest absolute Gasteiger partial charge is 0.354 e. The lowest BCUT2D eigenvalue weighted by molar-refractivity contribution is -0.119. The number of rotatable bonds is 10. The molecule has 2 aromatic carbocycles. The Bertz CT molecular complexity index is 893. The molecule has 9 heteroatoms. The van der Waals surface area contributed by atoms with E-state index in [2.05, 4.69) is 17.4 Å². The zero-order valence-corrected chi connectivity index (χ0v) is 18.5. The molecule has 28 heavy (non-hydrogen) atoms. The third kappa shape index (κ3) is 7.54. The molecular weight excluding hydrogens is 439 g/mol. The van der Waals surface area contributed by atoms with Gasteiger partial charge < -0.3 is 5.32 Å². The van der Waals surface area contributed by atoms with E-state index < -0.39 is 10.0 Å². The van der Waals surface area contributed by atoms with Crippen LogP contribution in [0.2, 0.25) is 10.0 Å². The Balaban J connectivity index is 1.80. The molecule has 2 aromatic rings. The van der Waals surface area contributed by atoms with Crippen molar-refractivity contribution in [1.82, 2.24) is 5.32 Å². The average molecular weight is 461 g/mol. The summed E-state index contributed by atoms with van der Waals surface area (Å²) in [6, 6.07) is 14.6. The number of nitrogens with zero attached hydrogens (tertiary/aromatic N) is 1. The summed E-state index contributed by atoms with van der Waals surface area (Å²) in [5.74, 6) is 1.43. The summed E-state index contributed by atoms with van der Waals surface area (Å²) in [5.41, 5.74) is 1.49. The van der Waals surface area contributed by atoms with Gasteiger partial charge in [0.05, 0.1) is 17.0 Å². The summed E-state index contributed by atoms with van der Waals surface area (Å²) in [6.45, 7) is 0.143. The summed E-state index contributed by atoms with van der Waals surface area (Å²) in [7, 11) is -3.68. The first kappa shape index (κ1) is 22.9. The van der Waals surface area contributed by atoms with E-state index in [0.717, 1.165) is 28.5 Å².